The first-order chi connectivity index (χ1) is 12.7. The molecule has 1 fully saturated rings. The topological polar surface area (TPSA) is 71.3 Å². The van der Waals surface area contributed by atoms with Crippen LogP contribution in [0.4, 0.5) is 0 Å². The highest BCUT2D eigenvalue weighted by atomic mass is 79.9. The van der Waals surface area contributed by atoms with E-state index in [1.54, 1.807) is 0 Å². The third-order valence-electron chi connectivity index (χ3n) is 4.64. The molecule has 7 heteroatoms. The van der Waals surface area contributed by atoms with Crippen LogP contribution in [0.2, 0.25) is 0 Å². The second kappa shape index (κ2) is 9.28. The number of hydrogen-bond donors (Lipinski definition) is 1. The SMILES string of the molecule is CCCCNC(=O)C1CCCN(Cc2nc(-c3ccc(Br)cc3)no2)C1. The van der Waals surface area contributed by atoms with Gasteiger partial charge in [-0.1, -0.05) is 34.4 Å². The molecule has 1 unspecified atom stereocenters. The molecule has 0 spiro atoms. The minimum atomic E-state index is 0.0504. The number of carbonyl (C=O) groups excluding carboxylic acids is 1. The van der Waals surface area contributed by atoms with E-state index in [9.17, 15) is 4.79 Å². The normalized spacial score (nSPS) is 18.0. The van der Waals surface area contributed by atoms with Gasteiger partial charge in [0.15, 0.2) is 0 Å². The largest absolute Gasteiger partial charge is 0.356 e. The van der Waals surface area contributed by atoms with Crippen molar-refractivity contribution in [2.24, 2.45) is 5.92 Å². The van der Waals surface area contributed by atoms with Crippen molar-refractivity contribution in [1.82, 2.24) is 20.4 Å². The lowest BCUT2D eigenvalue weighted by Gasteiger charge is -2.30. The van der Waals surface area contributed by atoms with Gasteiger partial charge in [-0.2, -0.15) is 4.98 Å². The predicted octanol–water partition coefficient (Wildman–Crippen LogP) is 3.63. The average molecular weight is 421 g/mol. The van der Waals surface area contributed by atoms with E-state index in [4.69, 9.17) is 4.52 Å². The molecule has 140 valence electrons. The standard InChI is InChI=1S/C19H25BrN4O2/c1-2-3-10-21-19(25)15-5-4-11-24(12-15)13-17-22-18(23-26-17)14-6-8-16(20)9-7-14/h6-9,15H,2-5,10-13H2,1H3,(H,21,25). The van der Waals surface area contributed by atoms with Crippen LogP contribution in [-0.2, 0) is 11.3 Å². The number of likely N-dealkylation sites (tertiary alicyclic amines) is 1. The molecule has 26 heavy (non-hydrogen) atoms. The molecule has 2 aromatic rings. The Labute approximate surface area is 162 Å². The van der Waals surface area contributed by atoms with Crippen LogP contribution in [0.15, 0.2) is 33.3 Å². The van der Waals surface area contributed by atoms with Gasteiger partial charge in [0.1, 0.15) is 0 Å². The molecule has 2 heterocycles. The number of benzene rings is 1. The molecule has 1 aromatic heterocycles. The van der Waals surface area contributed by atoms with Crippen molar-refractivity contribution in [3.8, 4) is 11.4 Å². The minimum absolute atomic E-state index is 0.0504. The molecule has 6 nitrogen and oxygen atoms in total. The summed E-state index contributed by atoms with van der Waals surface area (Å²) in [6.07, 6.45) is 4.08. The summed E-state index contributed by atoms with van der Waals surface area (Å²) in [7, 11) is 0. The molecular weight excluding hydrogens is 396 g/mol. The van der Waals surface area contributed by atoms with E-state index < -0.39 is 0 Å². The first-order valence-electron chi connectivity index (χ1n) is 9.24. The lowest BCUT2D eigenvalue weighted by atomic mass is 9.97. The summed E-state index contributed by atoms with van der Waals surface area (Å²) in [5.74, 6) is 1.41. The Morgan fingerprint density at radius 3 is 2.96 bits per heavy atom. The van der Waals surface area contributed by atoms with Gasteiger partial charge < -0.3 is 9.84 Å². The number of unbranched alkanes of at least 4 members (excludes halogenated alkanes) is 1. The van der Waals surface area contributed by atoms with Crippen molar-refractivity contribution in [2.45, 2.75) is 39.2 Å². The fourth-order valence-electron chi connectivity index (χ4n) is 3.17. The number of nitrogens with zero attached hydrogens (tertiary/aromatic N) is 3. The van der Waals surface area contributed by atoms with E-state index in [1.807, 2.05) is 24.3 Å². The molecule has 1 atom stereocenters. The number of nitrogens with one attached hydrogen (secondary N) is 1. The molecule has 0 radical (unpaired) electrons. The van der Waals surface area contributed by atoms with Crippen LogP contribution in [-0.4, -0.2) is 40.6 Å². The van der Waals surface area contributed by atoms with Gasteiger partial charge in [0.05, 0.1) is 12.5 Å². The van der Waals surface area contributed by atoms with Crippen LogP contribution in [0.1, 0.15) is 38.5 Å². The van der Waals surface area contributed by atoms with Gasteiger partial charge in [0, 0.05) is 23.1 Å². The Bertz CT molecular complexity index is 717. The maximum atomic E-state index is 12.3. The third-order valence-corrected chi connectivity index (χ3v) is 5.16. The number of rotatable bonds is 7. The number of halogens is 1. The van der Waals surface area contributed by atoms with E-state index >= 15 is 0 Å². The Kier molecular flexibility index (Phi) is 6.80. The lowest BCUT2D eigenvalue weighted by molar-refractivity contribution is -0.126. The highest BCUT2D eigenvalue weighted by Crippen LogP contribution is 2.21. The van der Waals surface area contributed by atoms with Crippen molar-refractivity contribution in [3.05, 3.63) is 34.6 Å². The Hall–Kier alpha value is -1.73. The average Bonchev–Trinajstić information content (AvgIpc) is 3.11. The summed E-state index contributed by atoms with van der Waals surface area (Å²) in [6, 6.07) is 7.82. The summed E-state index contributed by atoms with van der Waals surface area (Å²) in [6.45, 7) is 5.18. The lowest BCUT2D eigenvalue weighted by Crippen LogP contribution is -2.42. The molecule has 0 bridgehead atoms. The zero-order valence-corrected chi connectivity index (χ0v) is 16.7. The maximum Gasteiger partial charge on any atom is 0.241 e. The molecule has 0 saturated carbocycles. The van der Waals surface area contributed by atoms with Crippen molar-refractivity contribution in [3.63, 3.8) is 0 Å². The molecule has 3 rings (SSSR count). The summed E-state index contributed by atoms with van der Waals surface area (Å²) in [4.78, 5) is 19.0. The van der Waals surface area contributed by atoms with Gasteiger partial charge in [-0.25, -0.2) is 0 Å². The van der Waals surface area contributed by atoms with Crippen molar-refractivity contribution in [2.75, 3.05) is 19.6 Å². The third kappa shape index (κ3) is 5.14. The first kappa shape index (κ1) is 19.0. The van der Waals surface area contributed by atoms with Crippen molar-refractivity contribution in [1.29, 1.82) is 0 Å². The van der Waals surface area contributed by atoms with Crippen LogP contribution in [0.25, 0.3) is 11.4 Å². The Morgan fingerprint density at radius 1 is 1.38 bits per heavy atom. The monoisotopic (exact) mass is 420 g/mol. The summed E-state index contributed by atoms with van der Waals surface area (Å²) >= 11 is 3.42. The number of piperidine rings is 1. The molecule has 1 amide bonds. The van der Waals surface area contributed by atoms with Crippen LogP contribution >= 0.6 is 15.9 Å². The predicted molar refractivity (Wildman–Crippen MR) is 103 cm³/mol. The zero-order chi connectivity index (χ0) is 18.4. The molecule has 1 aliphatic heterocycles. The van der Waals surface area contributed by atoms with Gasteiger partial charge in [-0.05, 0) is 50.1 Å². The molecular formula is C19H25BrN4O2. The van der Waals surface area contributed by atoms with E-state index in [-0.39, 0.29) is 11.8 Å². The number of aromatic nitrogens is 2. The van der Waals surface area contributed by atoms with Gasteiger partial charge in [0.2, 0.25) is 17.6 Å². The maximum absolute atomic E-state index is 12.3. The highest BCUT2D eigenvalue weighted by molar-refractivity contribution is 9.10. The molecule has 1 saturated heterocycles. The second-order valence-corrected chi connectivity index (χ2v) is 7.65. The van der Waals surface area contributed by atoms with Crippen LogP contribution in [0.5, 0.6) is 0 Å². The molecule has 0 aliphatic carbocycles. The van der Waals surface area contributed by atoms with Gasteiger partial charge in [0.25, 0.3) is 0 Å². The zero-order valence-electron chi connectivity index (χ0n) is 15.1. The van der Waals surface area contributed by atoms with E-state index in [1.165, 1.54) is 0 Å². The second-order valence-electron chi connectivity index (χ2n) is 6.74. The number of hydrogen-bond acceptors (Lipinski definition) is 5. The quantitative estimate of drug-likeness (QED) is 0.692. The highest BCUT2D eigenvalue weighted by Gasteiger charge is 2.26. The van der Waals surface area contributed by atoms with E-state index in [0.717, 1.165) is 55.4 Å². The van der Waals surface area contributed by atoms with E-state index in [0.29, 0.717) is 18.3 Å². The van der Waals surface area contributed by atoms with Crippen LogP contribution < -0.4 is 5.32 Å². The van der Waals surface area contributed by atoms with Gasteiger partial charge >= 0.3 is 0 Å². The van der Waals surface area contributed by atoms with Gasteiger partial charge in [-0.15, -0.1) is 0 Å². The molecule has 1 aliphatic rings. The van der Waals surface area contributed by atoms with E-state index in [2.05, 4.69) is 43.2 Å². The number of amides is 1. The van der Waals surface area contributed by atoms with Crippen molar-refractivity contribution < 1.29 is 9.32 Å². The molecule has 1 aromatic carbocycles. The summed E-state index contributed by atoms with van der Waals surface area (Å²) in [5, 5.41) is 7.13. The fourth-order valence-corrected chi connectivity index (χ4v) is 3.44. The molecule has 1 N–H and O–H groups in total. The summed E-state index contributed by atoms with van der Waals surface area (Å²) < 4.78 is 6.43. The van der Waals surface area contributed by atoms with Crippen LogP contribution in [0, 0.1) is 5.92 Å². The Morgan fingerprint density at radius 2 is 2.19 bits per heavy atom. The Balaban J connectivity index is 1.55. The fraction of sp³-hybridized carbons (Fsp3) is 0.526. The van der Waals surface area contributed by atoms with Crippen molar-refractivity contribution >= 4 is 21.8 Å². The van der Waals surface area contributed by atoms with Crippen LogP contribution in [0.3, 0.4) is 0 Å². The minimum Gasteiger partial charge on any atom is -0.356 e. The number of carbonyl (C=O) groups is 1. The smallest absolute Gasteiger partial charge is 0.241 e. The van der Waals surface area contributed by atoms with Gasteiger partial charge in [-0.3, -0.25) is 9.69 Å². The first-order valence-corrected chi connectivity index (χ1v) is 10.0. The summed E-state index contributed by atoms with van der Waals surface area (Å²) in [5.41, 5.74) is 0.926.